The zero-order chi connectivity index (χ0) is 16.1. The molecule has 1 aromatic carbocycles. The minimum Gasteiger partial charge on any atom is -0.371 e. The lowest BCUT2D eigenvalue weighted by Crippen LogP contribution is -2.39. The van der Waals surface area contributed by atoms with Crippen molar-refractivity contribution in [2.75, 3.05) is 19.8 Å². The summed E-state index contributed by atoms with van der Waals surface area (Å²) in [5.74, 6) is -0.104. The third-order valence-corrected chi connectivity index (χ3v) is 3.01. The molecule has 0 saturated carbocycles. The first kappa shape index (κ1) is 18.0. The zero-order valence-electron chi connectivity index (χ0n) is 13.1. The standard InChI is InChI=1S/C16H24F3NO/c1-12-5-7-13(8-6-12)14(9-20-15(2,3)4)10-21-11-16(17,18)19/h5-8,14,20H,9-11H2,1-4H3. The Morgan fingerprint density at radius 1 is 1.10 bits per heavy atom. The summed E-state index contributed by atoms with van der Waals surface area (Å²) in [6, 6.07) is 7.81. The Labute approximate surface area is 124 Å². The third-order valence-electron chi connectivity index (χ3n) is 3.01. The molecule has 1 unspecified atom stereocenters. The van der Waals surface area contributed by atoms with E-state index in [9.17, 15) is 13.2 Å². The zero-order valence-corrected chi connectivity index (χ0v) is 13.1. The Balaban J connectivity index is 2.67. The largest absolute Gasteiger partial charge is 0.411 e. The van der Waals surface area contributed by atoms with E-state index in [0.717, 1.165) is 11.1 Å². The van der Waals surface area contributed by atoms with Crippen molar-refractivity contribution in [2.24, 2.45) is 0 Å². The van der Waals surface area contributed by atoms with E-state index in [2.05, 4.69) is 5.32 Å². The number of rotatable bonds is 6. The van der Waals surface area contributed by atoms with Gasteiger partial charge >= 0.3 is 6.18 Å². The van der Waals surface area contributed by atoms with E-state index in [1.807, 2.05) is 52.0 Å². The second-order valence-electron chi connectivity index (χ2n) is 6.37. The SMILES string of the molecule is Cc1ccc(C(CNC(C)(C)C)COCC(F)(F)F)cc1. The van der Waals surface area contributed by atoms with Crippen LogP contribution in [0.25, 0.3) is 0 Å². The number of halogens is 3. The number of ether oxygens (including phenoxy) is 1. The third kappa shape index (κ3) is 8.07. The molecule has 0 amide bonds. The molecule has 0 aliphatic rings. The van der Waals surface area contributed by atoms with Crippen LogP contribution in [0.1, 0.15) is 37.8 Å². The van der Waals surface area contributed by atoms with Gasteiger partial charge in [0.05, 0.1) is 6.61 Å². The lowest BCUT2D eigenvalue weighted by atomic mass is 9.97. The molecule has 0 saturated heterocycles. The first-order valence-corrected chi connectivity index (χ1v) is 7.03. The van der Waals surface area contributed by atoms with Crippen LogP contribution in [0.15, 0.2) is 24.3 Å². The summed E-state index contributed by atoms with van der Waals surface area (Å²) in [4.78, 5) is 0. The Kier molecular flexibility index (Phi) is 6.23. The van der Waals surface area contributed by atoms with Crippen molar-refractivity contribution in [3.05, 3.63) is 35.4 Å². The molecule has 0 aromatic heterocycles. The van der Waals surface area contributed by atoms with Crippen molar-refractivity contribution in [3.8, 4) is 0 Å². The van der Waals surface area contributed by atoms with Gasteiger partial charge in [-0.3, -0.25) is 0 Å². The molecule has 0 spiro atoms. The maximum Gasteiger partial charge on any atom is 0.411 e. The van der Waals surface area contributed by atoms with Crippen molar-refractivity contribution < 1.29 is 17.9 Å². The van der Waals surface area contributed by atoms with Crippen LogP contribution in [-0.4, -0.2) is 31.5 Å². The summed E-state index contributed by atoms with van der Waals surface area (Å²) in [6.07, 6.45) is -4.28. The number of benzene rings is 1. The van der Waals surface area contributed by atoms with Gasteiger partial charge in [0.1, 0.15) is 6.61 Å². The van der Waals surface area contributed by atoms with Crippen LogP contribution in [-0.2, 0) is 4.74 Å². The molecule has 2 nitrogen and oxygen atoms in total. The second kappa shape index (κ2) is 7.27. The van der Waals surface area contributed by atoms with Crippen LogP contribution in [0.2, 0.25) is 0 Å². The van der Waals surface area contributed by atoms with E-state index in [1.165, 1.54) is 0 Å². The van der Waals surface area contributed by atoms with Crippen LogP contribution in [0.4, 0.5) is 13.2 Å². The molecular weight excluding hydrogens is 279 g/mol. The Hall–Kier alpha value is -1.07. The maximum absolute atomic E-state index is 12.2. The Bertz CT molecular complexity index is 421. The lowest BCUT2D eigenvalue weighted by molar-refractivity contribution is -0.174. The predicted octanol–water partition coefficient (Wildman–Crippen LogP) is 4.05. The van der Waals surface area contributed by atoms with Gasteiger partial charge in [-0.15, -0.1) is 0 Å². The number of aryl methyl sites for hydroxylation is 1. The van der Waals surface area contributed by atoms with Crippen LogP contribution in [0.5, 0.6) is 0 Å². The van der Waals surface area contributed by atoms with Crippen molar-refractivity contribution in [1.82, 2.24) is 5.32 Å². The molecule has 120 valence electrons. The van der Waals surface area contributed by atoms with Gasteiger partial charge in [-0.05, 0) is 33.3 Å². The normalized spacial score (nSPS) is 14.2. The molecule has 1 N–H and O–H groups in total. The Morgan fingerprint density at radius 3 is 2.14 bits per heavy atom. The average molecular weight is 303 g/mol. The topological polar surface area (TPSA) is 21.3 Å². The van der Waals surface area contributed by atoms with Crippen LogP contribution < -0.4 is 5.32 Å². The summed E-state index contributed by atoms with van der Waals surface area (Å²) in [7, 11) is 0. The highest BCUT2D eigenvalue weighted by atomic mass is 19.4. The molecule has 1 rings (SSSR count). The summed E-state index contributed by atoms with van der Waals surface area (Å²) in [6.45, 7) is 7.47. The van der Waals surface area contributed by atoms with E-state index >= 15 is 0 Å². The van der Waals surface area contributed by atoms with Gasteiger partial charge in [-0.1, -0.05) is 29.8 Å². The second-order valence-corrected chi connectivity index (χ2v) is 6.37. The first-order chi connectivity index (χ1) is 9.57. The number of hydrogen-bond donors (Lipinski definition) is 1. The van der Waals surface area contributed by atoms with Gasteiger partial charge in [-0.2, -0.15) is 13.2 Å². The van der Waals surface area contributed by atoms with Crippen LogP contribution in [0.3, 0.4) is 0 Å². The van der Waals surface area contributed by atoms with E-state index in [-0.39, 0.29) is 18.1 Å². The fourth-order valence-electron chi connectivity index (χ4n) is 1.86. The monoisotopic (exact) mass is 303 g/mol. The molecule has 0 radical (unpaired) electrons. The summed E-state index contributed by atoms with van der Waals surface area (Å²) in [5.41, 5.74) is 2.02. The number of nitrogens with one attached hydrogen (secondary N) is 1. The van der Waals surface area contributed by atoms with Gasteiger partial charge in [0.25, 0.3) is 0 Å². The quantitative estimate of drug-likeness (QED) is 0.856. The van der Waals surface area contributed by atoms with Gasteiger partial charge in [0.2, 0.25) is 0 Å². The molecule has 1 aromatic rings. The molecular formula is C16H24F3NO. The summed E-state index contributed by atoms with van der Waals surface area (Å²) >= 11 is 0. The molecule has 5 heteroatoms. The molecule has 0 aliphatic carbocycles. The van der Waals surface area contributed by atoms with Gasteiger partial charge in [0.15, 0.2) is 0 Å². The van der Waals surface area contributed by atoms with Crippen molar-refractivity contribution in [3.63, 3.8) is 0 Å². The van der Waals surface area contributed by atoms with Gasteiger partial charge in [-0.25, -0.2) is 0 Å². The van der Waals surface area contributed by atoms with Crippen molar-refractivity contribution in [2.45, 2.75) is 45.3 Å². The minimum absolute atomic E-state index is 0.0473. The highest BCUT2D eigenvalue weighted by molar-refractivity contribution is 5.25. The van der Waals surface area contributed by atoms with Crippen LogP contribution in [0, 0.1) is 6.92 Å². The summed E-state index contributed by atoms with van der Waals surface area (Å²) in [5, 5.41) is 3.32. The minimum atomic E-state index is -4.28. The molecule has 0 bridgehead atoms. The fraction of sp³-hybridized carbons (Fsp3) is 0.625. The van der Waals surface area contributed by atoms with E-state index < -0.39 is 12.8 Å². The van der Waals surface area contributed by atoms with Gasteiger partial charge in [0, 0.05) is 18.0 Å². The lowest BCUT2D eigenvalue weighted by Gasteiger charge is -2.26. The highest BCUT2D eigenvalue weighted by Crippen LogP contribution is 2.20. The number of alkyl halides is 3. The number of hydrogen-bond acceptors (Lipinski definition) is 2. The first-order valence-electron chi connectivity index (χ1n) is 7.03. The maximum atomic E-state index is 12.2. The highest BCUT2D eigenvalue weighted by Gasteiger charge is 2.28. The van der Waals surface area contributed by atoms with E-state index in [4.69, 9.17) is 4.74 Å². The molecule has 0 fully saturated rings. The van der Waals surface area contributed by atoms with E-state index in [1.54, 1.807) is 0 Å². The summed E-state index contributed by atoms with van der Waals surface area (Å²) < 4.78 is 41.4. The molecule has 1 atom stereocenters. The smallest absolute Gasteiger partial charge is 0.371 e. The molecule has 0 heterocycles. The predicted molar refractivity (Wildman–Crippen MR) is 78.5 cm³/mol. The average Bonchev–Trinajstić information content (AvgIpc) is 2.32. The van der Waals surface area contributed by atoms with Crippen LogP contribution >= 0.6 is 0 Å². The molecule has 0 aliphatic heterocycles. The van der Waals surface area contributed by atoms with Gasteiger partial charge < -0.3 is 10.1 Å². The van der Waals surface area contributed by atoms with Crippen molar-refractivity contribution >= 4 is 0 Å². The van der Waals surface area contributed by atoms with E-state index in [0.29, 0.717) is 6.54 Å². The Morgan fingerprint density at radius 2 is 1.67 bits per heavy atom. The fourth-order valence-corrected chi connectivity index (χ4v) is 1.86. The molecule has 21 heavy (non-hydrogen) atoms. The van der Waals surface area contributed by atoms with Crippen molar-refractivity contribution in [1.29, 1.82) is 0 Å².